The molecule has 1 aliphatic carbocycles. The van der Waals surface area contributed by atoms with Gasteiger partial charge < -0.3 is 15.3 Å². The highest BCUT2D eigenvalue weighted by atomic mass is 16.3. The van der Waals surface area contributed by atoms with E-state index in [9.17, 15) is 9.90 Å². The molecule has 2 unspecified atom stereocenters. The predicted molar refractivity (Wildman–Crippen MR) is 74.9 cm³/mol. The highest BCUT2D eigenvalue weighted by molar-refractivity contribution is 5.78. The number of carbonyl (C=O) groups is 1. The molecule has 1 saturated heterocycles. The number of nitrogens with zero attached hydrogens (tertiary/aromatic N) is 2. The lowest BCUT2D eigenvalue weighted by Gasteiger charge is -2.40. The molecule has 110 valence electrons. The minimum atomic E-state index is -0.301. The third kappa shape index (κ3) is 4.75. The van der Waals surface area contributed by atoms with Crippen LogP contribution in [-0.2, 0) is 4.79 Å². The molecule has 5 nitrogen and oxygen atoms in total. The van der Waals surface area contributed by atoms with Crippen molar-refractivity contribution in [3.63, 3.8) is 0 Å². The molecule has 2 N–H and O–H groups in total. The molecule has 0 aromatic carbocycles. The number of nitrogens with one attached hydrogen (secondary N) is 1. The van der Waals surface area contributed by atoms with Gasteiger partial charge in [-0.2, -0.15) is 0 Å². The van der Waals surface area contributed by atoms with E-state index in [1.54, 1.807) is 0 Å². The average molecular weight is 269 g/mol. The first-order valence-corrected chi connectivity index (χ1v) is 7.47. The molecule has 0 spiro atoms. The lowest BCUT2D eigenvalue weighted by atomic mass is 10.1. The van der Waals surface area contributed by atoms with Crippen molar-refractivity contribution in [1.82, 2.24) is 15.1 Å². The first-order valence-electron chi connectivity index (χ1n) is 7.47. The Kier molecular flexibility index (Phi) is 5.19. The van der Waals surface area contributed by atoms with E-state index < -0.39 is 0 Å². The molecule has 2 aliphatic rings. The van der Waals surface area contributed by atoms with Gasteiger partial charge in [0.1, 0.15) is 0 Å². The van der Waals surface area contributed by atoms with Gasteiger partial charge in [-0.1, -0.05) is 0 Å². The number of carbonyl (C=O) groups excluding carboxylic acids is 1. The van der Waals surface area contributed by atoms with Crippen molar-refractivity contribution in [3.8, 4) is 0 Å². The Bertz CT molecular complexity index is 305. The number of amides is 1. The summed E-state index contributed by atoms with van der Waals surface area (Å²) in [6, 6.07) is 0.329. The van der Waals surface area contributed by atoms with E-state index in [-0.39, 0.29) is 12.0 Å². The molecular formula is C14H27N3O2. The van der Waals surface area contributed by atoms with Crippen LogP contribution in [0, 0.1) is 5.92 Å². The van der Waals surface area contributed by atoms with Crippen LogP contribution in [-0.4, -0.2) is 72.2 Å². The second-order valence-electron chi connectivity index (χ2n) is 6.11. The molecule has 1 saturated carbocycles. The summed E-state index contributed by atoms with van der Waals surface area (Å²) in [4.78, 5) is 16.3. The SMILES string of the molecule is CC(O)CN1CCN(C(=O)CNCC2CC2)CC1C. The molecular weight excluding hydrogens is 242 g/mol. The Morgan fingerprint density at radius 1 is 1.42 bits per heavy atom. The number of rotatable bonds is 6. The maximum atomic E-state index is 12.1. The topological polar surface area (TPSA) is 55.8 Å². The normalized spacial score (nSPS) is 26.5. The summed E-state index contributed by atoms with van der Waals surface area (Å²) in [6.45, 7) is 8.51. The van der Waals surface area contributed by atoms with Crippen molar-refractivity contribution in [1.29, 1.82) is 0 Å². The van der Waals surface area contributed by atoms with Gasteiger partial charge in [0.15, 0.2) is 0 Å². The van der Waals surface area contributed by atoms with Crippen LogP contribution in [0.3, 0.4) is 0 Å². The maximum absolute atomic E-state index is 12.1. The first-order chi connectivity index (χ1) is 9.06. The Balaban J connectivity index is 1.68. The summed E-state index contributed by atoms with van der Waals surface area (Å²) >= 11 is 0. The molecule has 1 amide bonds. The van der Waals surface area contributed by atoms with Gasteiger partial charge in [-0.25, -0.2) is 0 Å². The second kappa shape index (κ2) is 6.68. The Labute approximate surface area is 115 Å². The first kappa shape index (κ1) is 14.8. The molecule has 19 heavy (non-hydrogen) atoms. The number of aliphatic hydroxyl groups excluding tert-OH is 1. The summed E-state index contributed by atoms with van der Waals surface area (Å²) in [7, 11) is 0. The largest absolute Gasteiger partial charge is 0.392 e. The molecule has 5 heteroatoms. The maximum Gasteiger partial charge on any atom is 0.236 e. The molecule has 2 rings (SSSR count). The van der Waals surface area contributed by atoms with Crippen LogP contribution in [0.5, 0.6) is 0 Å². The molecule has 0 bridgehead atoms. The number of hydrogen-bond donors (Lipinski definition) is 2. The smallest absolute Gasteiger partial charge is 0.236 e. The lowest BCUT2D eigenvalue weighted by molar-refractivity contribution is -0.133. The van der Waals surface area contributed by atoms with Crippen LogP contribution >= 0.6 is 0 Å². The molecule has 0 aromatic heterocycles. The lowest BCUT2D eigenvalue weighted by Crippen LogP contribution is -2.56. The summed E-state index contributed by atoms with van der Waals surface area (Å²) in [6.07, 6.45) is 2.33. The van der Waals surface area contributed by atoms with Gasteiger partial charge in [0, 0.05) is 32.2 Å². The van der Waals surface area contributed by atoms with Crippen LogP contribution in [0.25, 0.3) is 0 Å². The molecule has 0 radical (unpaired) electrons. The van der Waals surface area contributed by atoms with Crippen LogP contribution in [0.15, 0.2) is 0 Å². The van der Waals surface area contributed by atoms with Crippen molar-refractivity contribution in [2.75, 3.05) is 39.3 Å². The highest BCUT2D eigenvalue weighted by Gasteiger charge is 2.27. The summed E-state index contributed by atoms with van der Waals surface area (Å²) in [5.74, 6) is 1.03. The van der Waals surface area contributed by atoms with E-state index in [1.807, 2.05) is 11.8 Å². The van der Waals surface area contributed by atoms with Gasteiger partial charge in [0.2, 0.25) is 5.91 Å². The Morgan fingerprint density at radius 2 is 2.16 bits per heavy atom. The fourth-order valence-corrected chi connectivity index (χ4v) is 2.65. The van der Waals surface area contributed by atoms with Crippen LogP contribution in [0.1, 0.15) is 26.7 Å². The van der Waals surface area contributed by atoms with Crippen LogP contribution < -0.4 is 5.32 Å². The van der Waals surface area contributed by atoms with Gasteiger partial charge in [-0.05, 0) is 39.2 Å². The van der Waals surface area contributed by atoms with Crippen molar-refractivity contribution >= 4 is 5.91 Å². The van der Waals surface area contributed by atoms with Gasteiger partial charge >= 0.3 is 0 Å². The fraction of sp³-hybridized carbons (Fsp3) is 0.929. The molecule has 0 aromatic rings. The number of β-amino-alcohol motifs (C(OH)–C–C–N with tert-alkyl or cyclic N) is 1. The zero-order chi connectivity index (χ0) is 13.8. The van der Waals surface area contributed by atoms with Crippen molar-refractivity contribution in [2.24, 2.45) is 5.92 Å². The highest BCUT2D eigenvalue weighted by Crippen LogP contribution is 2.27. The Hall–Kier alpha value is -0.650. The number of aliphatic hydroxyl groups is 1. The van der Waals surface area contributed by atoms with Gasteiger partial charge in [-0.15, -0.1) is 0 Å². The zero-order valence-corrected chi connectivity index (χ0v) is 12.1. The van der Waals surface area contributed by atoms with Gasteiger partial charge in [0.05, 0.1) is 12.6 Å². The van der Waals surface area contributed by atoms with Gasteiger partial charge in [-0.3, -0.25) is 9.69 Å². The monoisotopic (exact) mass is 269 g/mol. The third-order valence-electron chi connectivity index (χ3n) is 4.02. The third-order valence-corrected chi connectivity index (χ3v) is 4.02. The van der Waals surface area contributed by atoms with Crippen molar-refractivity contribution < 1.29 is 9.90 Å². The minimum absolute atomic E-state index is 0.212. The van der Waals surface area contributed by atoms with Crippen LogP contribution in [0.4, 0.5) is 0 Å². The van der Waals surface area contributed by atoms with Crippen LogP contribution in [0.2, 0.25) is 0 Å². The van der Waals surface area contributed by atoms with E-state index in [1.165, 1.54) is 12.8 Å². The number of piperazine rings is 1. The van der Waals surface area contributed by atoms with E-state index in [2.05, 4.69) is 17.1 Å². The van der Waals surface area contributed by atoms with E-state index in [4.69, 9.17) is 0 Å². The summed E-state index contributed by atoms with van der Waals surface area (Å²) in [5.41, 5.74) is 0. The summed E-state index contributed by atoms with van der Waals surface area (Å²) < 4.78 is 0. The van der Waals surface area contributed by atoms with E-state index >= 15 is 0 Å². The Morgan fingerprint density at radius 3 is 2.74 bits per heavy atom. The molecule has 1 heterocycles. The van der Waals surface area contributed by atoms with E-state index in [0.29, 0.717) is 19.1 Å². The van der Waals surface area contributed by atoms with Crippen molar-refractivity contribution in [3.05, 3.63) is 0 Å². The van der Waals surface area contributed by atoms with E-state index in [0.717, 1.165) is 32.1 Å². The fourth-order valence-electron chi connectivity index (χ4n) is 2.65. The summed E-state index contributed by atoms with van der Waals surface area (Å²) in [5, 5.41) is 12.7. The zero-order valence-electron chi connectivity index (χ0n) is 12.1. The molecule has 2 atom stereocenters. The average Bonchev–Trinajstić information content (AvgIpc) is 3.15. The quantitative estimate of drug-likeness (QED) is 0.707. The predicted octanol–water partition coefficient (Wildman–Crippen LogP) is -0.100. The molecule has 1 aliphatic heterocycles. The minimum Gasteiger partial charge on any atom is -0.392 e. The number of hydrogen-bond acceptors (Lipinski definition) is 4. The standard InChI is InChI=1S/C14H27N3O2/c1-11-9-17(6-5-16(11)10-12(2)18)14(19)8-15-7-13-3-4-13/h11-13,15,18H,3-10H2,1-2H3. The van der Waals surface area contributed by atoms with Gasteiger partial charge in [0.25, 0.3) is 0 Å². The second-order valence-corrected chi connectivity index (χ2v) is 6.11. The van der Waals surface area contributed by atoms with Crippen molar-refractivity contribution in [2.45, 2.75) is 38.8 Å². The molecule has 2 fully saturated rings.